The summed E-state index contributed by atoms with van der Waals surface area (Å²) in [6.45, 7) is 1.62. The fourth-order valence-corrected chi connectivity index (χ4v) is 3.97. The number of sulfone groups is 1. The number of furan rings is 1. The van der Waals surface area contributed by atoms with E-state index in [-0.39, 0.29) is 18.1 Å². The Kier molecular flexibility index (Phi) is 3.59. The van der Waals surface area contributed by atoms with Crippen molar-refractivity contribution in [3.05, 3.63) is 29.7 Å². The maximum absolute atomic E-state index is 12.5. The van der Waals surface area contributed by atoms with Crippen LogP contribution in [0.4, 0.5) is 0 Å². The standard InChI is InChI=1S/C14H14N2O6S/c1-8-2-3-11-9(15-8)6-12(22-11)13(17)16-4-5-23(20,21)7-10(16)14(18)19/h2-3,6,10H,4-5,7H2,1H3,(H,18,19). The molecule has 0 bridgehead atoms. The Bertz CT molecular complexity index is 901. The molecule has 0 spiro atoms. The minimum absolute atomic E-state index is 0.0522. The van der Waals surface area contributed by atoms with E-state index in [1.807, 2.05) is 0 Å². The number of aromatic nitrogens is 1. The van der Waals surface area contributed by atoms with E-state index >= 15 is 0 Å². The largest absolute Gasteiger partial charge is 0.480 e. The predicted octanol–water partition coefficient (Wildman–Crippen LogP) is 0.460. The fraction of sp³-hybridized carbons (Fsp3) is 0.357. The molecule has 1 atom stereocenters. The summed E-state index contributed by atoms with van der Waals surface area (Å²) in [6.07, 6.45) is 0. The second kappa shape index (κ2) is 5.34. The molecular weight excluding hydrogens is 324 g/mol. The Balaban J connectivity index is 1.95. The first kappa shape index (κ1) is 15.5. The summed E-state index contributed by atoms with van der Waals surface area (Å²) >= 11 is 0. The first-order chi connectivity index (χ1) is 10.8. The number of carbonyl (C=O) groups is 2. The Hall–Kier alpha value is -2.42. The van der Waals surface area contributed by atoms with Gasteiger partial charge in [0.2, 0.25) is 0 Å². The number of pyridine rings is 1. The number of rotatable bonds is 2. The molecule has 0 aromatic carbocycles. The molecule has 8 nitrogen and oxygen atoms in total. The molecule has 2 aromatic rings. The Labute approximate surface area is 131 Å². The highest BCUT2D eigenvalue weighted by Gasteiger charge is 2.39. The van der Waals surface area contributed by atoms with Crippen LogP contribution in [0.3, 0.4) is 0 Å². The summed E-state index contributed by atoms with van der Waals surface area (Å²) in [5, 5.41) is 9.21. The molecule has 1 N–H and O–H groups in total. The number of fused-ring (bicyclic) bond motifs is 1. The molecule has 122 valence electrons. The number of hydrogen-bond acceptors (Lipinski definition) is 6. The van der Waals surface area contributed by atoms with E-state index < -0.39 is 33.5 Å². The molecule has 1 saturated heterocycles. The summed E-state index contributed by atoms with van der Waals surface area (Å²) in [7, 11) is -3.47. The van der Waals surface area contributed by atoms with Crippen LogP contribution < -0.4 is 0 Å². The molecule has 0 radical (unpaired) electrons. The lowest BCUT2D eigenvalue weighted by molar-refractivity contribution is -0.141. The fourth-order valence-electron chi connectivity index (χ4n) is 2.53. The van der Waals surface area contributed by atoms with Crippen molar-refractivity contribution in [2.24, 2.45) is 0 Å². The molecule has 1 aliphatic rings. The van der Waals surface area contributed by atoms with Gasteiger partial charge in [0, 0.05) is 18.3 Å². The van der Waals surface area contributed by atoms with Gasteiger partial charge in [0.1, 0.15) is 11.6 Å². The molecule has 3 heterocycles. The number of aryl methyl sites for hydroxylation is 1. The van der Waals surface area contributed by atoms with Crippen LogP contribution in [0.2, 0.25) is 0 Å². The van der Waals surface area contributed by atoms with Crippen LogP contribution in [0.25, 0.3) is 11.1 Å². The van der Waals surface area contributed by atoms with E-state index in [0.29, 0.717) is 11.1 Å². The number of carbonyl (C=O) groups excluding carboxylic acids is 1. The highest BCUT2D eigenvalue weighted by molar-refractivity contribution is 7.91. The van der Waals surface area contributed by atoms with E-state index in [2.05, 4.69) is 4.98 Å². The van der Waals surface area contributed by atoms with Gasteiger partial charge in [-0.2, -0.15) is 0 Å². The maximum Gasteiger partial charge on any atom is 0.327 e. The number of nitrogens with zero attached hydrogens (tertiary/aromatic N) is 2. The number of carboxylic acid groups (broad SMARTS) is 1. The Morgan fingerprint density at radius 1 is 1.39 bits per heavy atom. The van der Waals surface area contributed by atoms with Crippen LogP contribution in [-0.2, 0) is 14.6 Å². The van der Waals surface area contributed by atoms with Gasteiger partial charge in [0.25, 0.3) is 5.91 Å². The first-order valence-corrected chi connectivity index (χ1v) is 8.70. The van der Waals surface area contributed by atoms with Gasteiger partial charge in [-0.3, -0.25) is 4.79 Å². The van der Waals surface area contributed by atoms with Crippen LogP contribution in [0.15, 0.2) is 22.6 Å². The molecule has 0 saturated carbocycles. The average molecular weight is 338 g/mol. The molecule has 0 aliphatic carbocycles. The average Bonchev–Trinajstić information content (AvgIpc) is 2.88. The van der Waals surface area contributed by atoms with E-state index in [0.717, 1.165) is 10.6 Å². The number of aliphatic carboxylic acids is 1. The van der Waals surface area contributed by atoms with Crippen molar-refractivity contribution >= 4 is 32.8 Å². The minimum Gasteiger partial charge on any atom is -0.480 e. The lowest BCUT2D eigenvalue weighted by atomic mass is 10.2. The van der Waals surface area contributed by atoms with Crippen molar-refractivity contribution in [3.63, 3.8) is 0 Å². The lowest BCUT2D eigenvalue weighted by Crippen LogP contribution is -2.54. The Morgan fingerprint density at radius 3 is 2.83 bits per heavy atom. The van der Waals surface area contributed by atoms with Gasteiger partial charge in [-0.05, 0) is 19.1 Å². The minimum atomic E-state index is -3.47. The molecule has 2 aromatic heterocycles. The van der Waals surface area contributed by atoms with E-state index in [1.165, 1.54) is 6.07 Å². The van der Waals surface area contributed by atoms with E-state index in [1.54, 1.807) is 19.1 Å². The normalized spacial score (nSPS) is 20.6. The predicted molar refractivity (Wildman–Crippen MR) is 79.9 cm³/mol. The summed E-state index contributed by atoms with van der Waals surface area (Å²) < 4.78 is 28.6. The third-order valence-electron chi connectivity index (χ3n) is 3.70. The van der Waals surface area contributed by atoms with Crippen molar-refractivity contribution in [3.8, 4) is 0 Å². The van der Waals surface area contributed by atoms with Gasteiger partial charge < -0.3 is 14.4 Å². The van der Waals surface area contributed by atoms with Crippen molar-refractivity contribution < 1.29 is 27.5 Å². The third kappa shape index (κ3) is 2.91. The first-order valence-electron chi connectivity index (χ1n) is 6.88. The monoisotopic (exact) mass is 338 g/mol. The Morgan fingerprint density at radius 2 is 2.13 bits per heavy atom. The van der Waals surface area contributed by atoms with Crippen LogP contribution in [-0.4, -0.2) is 59.4 Å². The molecule has 1 unspecified atom stereocenters. The highest BCUT2D eigenvalue weighted by atomic mass is 32.2. The van der Waals surface area contributed by atoms with Gasteiger partial charge in [0.05, 0.1) is 11.5 Å². The summed E-state index contributed by atoms with van der Waals surface area (Å²) in [5.41, 5.74) is 1.66. The van der Waals surface area contributed by atoms with Crippen LogP contribution in [0, 0.1) is 6.92 Å². The quantitative estimate of drug-likeness (QED) is 0.845. The second-order valence-electron chi connectivity index (χ2n) is 5.41. The van der Waals surface area contributed by atoms with E-state index in [4.69, 9.17) is 4.42 Å². The number of hydrogen-bond donors (Lipinski definition) is 1. The molecule has 9 heteroatoms. The van der Waals surface area contributed by atoms with Crippen molar-refractivity contribution in [1.82, 2.24) is 9.88 Å². The number of carboxylic acids is 1. The van der Waals surface area contributed by atoms with Crippen molar-refractivity contribution in [1.29, 1.82) is 0 Å². The molecule has 1 amide bonds. The zero-order chi connectivity index (χ0) is 16.8. The molecule has 23 heavy (non-hydrogen) atoms. The maximum atomic E-state index is 12.5. The molecule has 3 rings (SSSR count). The highest BCUT2D eigenvalue weighted by Crippen LogP contribution is 2.22. The zero-order valence-electron chi connectivity index (χ0n) is 12.2. The van der Waals surface area contributed by atoms with Gasteiger partial charge in [-0.15, -0.1) is 0 Å². The number of amides is 1. The topological polar surface area (TPSA) is 118 Å². The van der Waals surface area contributed by atoms with Crippen LogP contribution in [0.5, 0.6) is 0 Å². The summed E-state index contributed by atoms with van der Waals surface area (Å²) in [5.74, 6) is -2.91. The second-order valence-corrected chi connectivity index (χ2v) is 7.64. The summed E-state index contributed by atoms with van der Waals surface area (Å²) in [4.78, 5) is 29.1. The van der Waals surface area contributed by atoms with Crippen LogP contribution in [0.1, 0.15) is 16.2 Å². The lowest BCUT2D eigenvalue weighted by Gasteiger charge is -2.31. The van der Waals surface area contributed by atoms with Crippen molar-refractivity contribution in [2.45, 2.75) is 13.0 Å². The summed E-state index contributed by atoms with van der Waals surface area (Å²) in [6, 6.07) is 3.42. The third-order valence-corrected chi connectivity index (χ3v) is 5.33. The zero-order valence-corrected chi connectivity index (χ0v) is 13.0. The van der Waals surface area contributed by atoms with Gasteiger partial charge in [-0.1, -0.05) is 0 Å². The SMILES string of the molecule is Cc1ccc2oc(C(=O)N3CCS(=O)(=O)CC3C(=O)O)cc2n1. The van der Waals surface area contributed by atoms with E-state index in [9.17, 15) is 23.1 Å². The van der Waals surface area contributed by atoms with Gasteiger partial charge in [-0.25, -0.2) is 18.2 Å². The van der Waals surface area contributed by atoms with Crippen molar-refractivity contribution in [2.75, 3.05) is 18.1 Å². The van der Waals surface area contributed by atoms with Crippen LogP contribution >= 0.6 is 0 Å². The molecule has 1 aliphatic heterocycles. The van der Waals surface area contributed by atoms with Gasteiger partial charge in [0.15, 0.2) is 21.2 Å². The smallest absolute Gasteiger partial charge is 0.327 e. The molecule has 1 fully saturated rings. The molecular formula is C14H14N2O6S. The van der Waals surface area contributed by atoms with Gasteiger partial charge >= 0.3 is 5.97 Å².